The maximum Gasteiger partial charge on any atom is 0.323 e. The summed E-state index contributed by atoms with van der Waals surface area (Å²) >= 11 is 0. The second-order valence-corrected chi connectivity index (χ2v) is 4.85. The van der Waals surface area contributed by atoms with Gasteiger partial charge in [0.2, 0.25) is 0 Å². The molecular formula is C13H20N2O4. The Balaban J connectivity index is 2.94. The molecule has 1 amide bonds. The zero-order valence-electron chi connectivity index (χ0n) is 11.7. The predicted octanol–water partition coefficient (Wildman–Crippen LogP) is 2.12. The van der Waals surface area contributed by atoms with Gasteiger partial charge < -0.3 is 14.5 Å². The molecule has 1 heterocycles. The van der Waals surface area contributed by atoms with Crippen LogP contribution in [0.2, 0.25) is 0 Å². The number of amides is 1. The second-order valence-electron chi connectivity index (χ2n) is 4.85. The maximum absolute atomic E-state index is 12.3. The van der Waals surface area contributed by atoms with Crippen molar-refractivity contribution in [1.82, 2.24) is 10.1 Å². The Hall–Kier alpha value is -1.85. The molecule has 0 aliphatic heterocycles. The van der Waals surface area contributed by atoms with Gasteiger partial charge in [-0.05, 0) is 13.3 Å². The van der Waals surface area contributed by atoms with E-state index in [0.29, 0.717) is 12.2 Å². The van der Waals surface area contributed by atoms with E-state index in [0.717, 1.165) is 0 Å². The van der Waals surface area contributed by atoms with Crippen molar-refractivity contribution in [2.75, 3.05) is 6.54 Å². The first kappa shape index (κ1) is 15.2. The number of carboxylic acids is 1. The number of hydrogen-bond donors (Lipinski definition) is 1. The molecule has 1 aromatic heterocycles. The van der Waals surface area contributed by atoms with Crippen molar-refractivity contribution in [3.63, 3.8) is 0 Å². The summed E-state index contributed by atoms with van der Waals surface area (Å²) in [5, 5.41) is 12.6. The molecule has 0 fully saturated rings. The van der Waals surface area contributed by atoms with Crippen LogP contribution in [0.25, 0.3) is 0 Å². The molecule has 1 atom stereocenters. The molecule has 6 nitrogen and oxygen atoms in total. The summed E-state index contributed by atoms with van der Waals surface area (Å²) in [7, 11) is 0. The SMILES string of the molecule is CCC(C)N(CC(=O)O)C(=O)c1cc(C(C)C)on1. The van der Waals surface area contributed by atoms with Gasteiger partial charge in [-0.25, -0.2) is 0 Å². The zero-order chi connectivity index (χ0) is 14.6. The van der Waals surface area contributed by atoms with Crippen molar-refractivity contribution in [3.05, 3.63) is 17.5 Å². The average Bonchev–Trinajstić information content (AvgIpc) is 2.83. The standard InChI is InChI=1S/C13H20N2O4/c1-5-9(4)15(7-12(16)17)13(18)10-6-11(8(2)3)19-14-10/h6,8-9H,5,7H2,1-4H3,(H,16,17). The molecule has 1 unspecified atom stereocenters. The molecular weight excluding hydrogens is 248 g/mol. The van der Waals surface area contributed by atoms with Crippen LogP contribution in [0.4, 0.5) is 0 Å². The Bertz CT molecular complexity index is 453. The Morgan fingerprint density at radius 1 is 1.42 bits per heavy atom. The van der Waals surface area contributed by atoms with Crippen LogP contribution in [0.3, 0.4) is 0 Å². The van der Waals surface area contributed by atoms with Gasteiger partial charge in [0.05, 0.1) is 0 Å². The van der Waals surface area contributed by atoms with Gasteiger partial charge in [-0.2, -0.15) is 0 Å². The summed E-state index contributed by atoms with van der Waals surface area (Å²) in [5.41, 5.74) is 0.158. The fourth-order valence-corrected chi connectivity index (χ4v) is 1.60. The largest absolute Gasteiger partial charge is 0.480 e. The van der Waals surface area contributed by atoms with Gasteiger partial charge >= 0.3 is 5.97 Å². The summed E-state index contributed by atoms with van der Waals surface area (Å²) in [6, 6.07) is 1.41. The number of carbonyl (C=O) groups is 2. The van der Waals surface area contributed by atoms with Gasteiger partial charge in [0.25, 0.3) is 5.91 Å². The van der Waals surface area contributed by atoms with Gasteiger partial charge in [-0.1, -0.05) is 25.9 Å². The smallest absolute Gasteiger partial charge is 0.323 e. The van der Waals surface area contributed by atoms with Crippen LogP contribution in [0.1, 0.15) is 56.3 Å². The van der Waals surface area contributed by atoms with E-state index in [2.05, 4.69) is 5.16 Å². The summed E-state index contributed by atoms with van der Waals surface area (Å²) < 4.78 is 5.07. The molecule has 0 aliphatic carbocycles. The molecule has 6 heteroatoms. The molecule has 1 N–H and O–H groups in total. The van der Waals surface area contributed by atoms with Crippen molar-refractivity contribution in [1.29, 1.82) is 0 Å². The Morgan fingerprint density at radius 3 is 2.47 bits per heavy atom. The van der Waals surface area contributed by atoms with E-state index in [4.69, 9.17) is 9.63 Å². The molecule has 0 radical (unpaired) electrons. The summed E-state index contributed by atoms with van der Waals surface area (Å²) in [6.45, 7) is 7.23. The van der Waals surface area contributed by atoms with Crippen LogP contribution in [-0.4, -0.2) is 39.6 Å². The van der Waals surface area contributed by atoms with E-state index in [1.165, 1.54) is 4.90 Å². The van der Waals surface area contributed by atoms with E-state index < -0.39 is 11.9 Å². The minimum absolute atomic E-state index is 0.130. The van der Waals surface area contributed by atoms with Gasteiger partial charge in [0.1, 0.15) is 12.3 Å². The number of carbonyl (C=O) groups excluding carboxylic acids is 1. The van der Waals surface area contributed by atoms with Crippen molar-refractivity contribution in [3.8, 4) is 0 Å². The fourth-order valence-electron chi connectivity index (χ4n) is 1.60. The topological polar surface area (TPSA) is 83.6 Å². The van der Waals surface area contributed by atoms with E-state index in [1.807, 2.05) is 27.7 Å². The summed E-state index contributed by atoms with van der Waals surface area (Å²) in [4.78, 5) is 24.4. The quantitative estimate of drug-likeness (QED) is 0.854. The molecule has 19 heavy (non-hydrogen) atoms. The Kier molecular flexibility index (Phi) is 5.09. The summed E-state index contributed by atoms with van der Waals surface area (Å²) in [6.07, 6.45) is 0.675. The van der Waals surface area contributed by atoms with Gasteiger partial charge in [0, 0.05) is 18.0 Å². The lowest BCUT2D eigenvalue weighted by molar-refractivity contribution is -0.138. The molecule has 1 aromatic rings. The van der Waals surface area contributed by atoms with Crippen LogP contribution in [0.5, 0.6) is 0 Å². The summed E-state index contributed by atoms with van der Waals surface area (Å²) in [5.74, 6) is -0.707. The lowest BCUT2D eigenvalue weighted by atomic mass is 10.1. The first-order chi connectivity index (χ1) is 8.86. The van der Waals surface area contributed by atoms with E-state index in [-0.39, 0.29) is 24.2 Å². The third-order valence-electron chi connectivity index (χ3n) is 3.01. The highest BCUT2D eigenvalue weighted by Crippen LogP contribution is 2.17. The number of hydrogen-bond acceptors (Lipinski definition) is 4. The Morgan fingerprint density at radius 2 is 2.05 bits per heavy atom. The monoisotopic (exact) mass is 268 g/mol. The highest BCUT2D eigenvalue weighted by molar-refractivity contribution is 5.94. The minimum Gasteiger partial charge on any atom is -0.480 e. The van der Waals surface area contributed by atoms with E-state index in [1.54, 1.807) is 6.07 Å². The van der Waals surface area contributed by atoms with Gasteiger partial charge in [-0.3, -0.25) is 9.59 Å². The van der Waals surface area contributed by atoms with Crippen LogP contribution >= 0.6 is 0 Å². The number of nitrogens with zero attached hydrogens (tertiary/aromatic N) is 2. The third-order valence-corrected chi connectivity index (χ3v) is 3.01. The van der Waals surface area contributed by atoms with E-state index in [9.17, 15) is 9.59 Å². The van der Waals surface area contributed by atoms with Crippen molar-refractivity contribution >= 4 is 11.9 Å². The number of rotatable bonds is 6. The van der Waals surface area contributed by atoms with Crippen molar-refractivity contribution in [2.24, 2.45) is 0 Å². The highest BCUT2D eigenvalue weighted by atomic mass is 16.5. The van der Waals surface area contributed by atoms with Crippen LogP contribution in [0.15, 0.2) is 10.6 Å². The van der Waals surface area contributed by atoms with Crippen LogP contribution in [0, 0.1) is 0 Å². The zero-order valence-corrected chi connectivity index (χ0v) is 11.7. The molecule has 0 bridgehead atoms. The molecule has 0 saturated heterocycles. The maximum atomic E-state index is 12.3. The lowest BCUT2D eigenvalue weighted by Crippen LogP contribution is -2.42. The molecule has 0 aliphatic rings. The number of carboxylic acid groups (broad SMARTS) is 1. The third kappa shape index (κ3) is 3.81. The fraction of sp³-hybridized carbons (Fsp3) is 0.615. The molecule has 0 saturated carbocycles. The van der Waals surface area contributed by atoms with Crippen molar-refractivity contribution < 1.29 is 19.2 Å². The predicted molar refractivity (Wildman–Crippen MR) is 69.0 cm³/mol. The molecule has 0 spiro atoms. The minimum atomic E-state index is -1.04. The molecule has 106 valence electrons. The first-order valence-corrected chi connectivity index (χ1v) is 6.36. The van der Waals surface area contributed by atoms with Crippen LogP contribution in [-0.2, 0) is 4.79 Å². The van der Waals surface area contributed by atoms with Gasteiger partial charge in [0.15, 0.2) is 5.69 Å². The van der Waals surface area contributed by atoms with Crippen LogP contribution < -0.4 is 0 Å². The van der Waals surface area contributed by atoms with E-state index >= 15 is 0 Å². The molecule has 1 rings (SSSR count). The average molecular weight is 268 g/mol. The first-order valence-electron chi connectivity index (χ1n) is 6.36. The van der Waals surface area contributed by atoms with Gasteiger partial charge in [-0.15, -0.1) is 0 Å². The highest BCUT2D eigenvalue weighted by Gasteiger charge is 2.25. The number of aromatic nitrogens is 1. The number of aliphatic carboxylic acids is 1. The lowest BCUT2D eigenvalue weighted by Gasteiger charge is -2.25. The normalized spacial score (nSPS) is 12.5. The van der Waals surface area contributed by atoms with Crippen molar-refractivity contribution in [2.45, 2.75) is 46.1 Å². The molecule has 0 aromatic carbocycles. The Labute approximate surface area is 112 Å². The second kappa shape index (κ2) is 6.36.